The first-order valence-electron chi connectivity index (χ1n) is 10.8. The zero-order valence-electron chi connectivity index (χ0n) is 17.5. The molecule has 5 aliphatic rings. The third kappa shape index (κ3) is 2.34. The van der Waals surface area contributed by atoms with Crippen LogP contribution in [0.5, 0.6) is 0 Å². The smallest absolute Gasteiger partial charge is 0.311 e. The predicted octanol–water partition coefficient (Wildman–Crippen LogP) is 5.20. The van der Waals surface area contributed by atoms with E-state index in [9.17, 15) is 10.0 Å². The molecule has 27 heavy (non-hydrogen) atoms. The van der Waals surface area contributed by atoms with Gasteiger partial charge in [0.2, 0.25) is 0 Å². The van der Waals surface area contributed by atoms with E-state index in [1.54, 1.807) is 5.57 Å². The van der Waals surface area contributed by atoms with E-state index in [1.165, 1.54) is 13.5 Å². The van der Waals surface area contributed by atoms with Gasteiger partial charge in [-0.05, 0) is 74.5 Å². The molecular weight excluding hydrogens is 338 g/mol. The second kappa shape index (κ2) is 6.09. The summed E-state index contributed by atoms with van der Waals surface area (Å²) in [5.74, 6) is 1.80. The Morgan fingerprint density at radius 1 is 1.26 bits per heavy atom. The minimum atomic E-state index is -0.388. The van der Waals surface area contributed by atoms with Crippen molar-refractivity contribution in [3.63, 3.8) is 0 Å². The zero-order valence-corrected chi connectivity index (χ0v) is 17.5. The third-order valence-corrected chi connectivity index (χ3v) is 9.07. The van der Waals surface area contributed by atoms with E-state index in [2.05, 4.69) is 38.9 Å². The molecule has 4 heteroatoms. The van der Waals surface area contributed by atoms with Gasteiger partial charge in [-0.3, -0.25) is 4.79 Å². The number of allylic oxidation sites excluding steroid dienone is 2. The van der Waals surface area contributed by atoms with Crippen LogP contribution in [0.1, 0.15) is 72.6 Å². The fraction of sp³-hybridized carbons (Fsp3) is 0.826. The number of oxime groups is 1. The van der Waals surface area contributed by atoms with Crippen LogP contribution in [0.3, 0.4) is 0 Å². The maximum atomic E-state index is 12.8. The Balaban J connectivity index is 1.81. The minimum absolute atomic E-state index is 0.0372. The SMILES string of the molecule is COC(=O)[C@]1(C)CCC[C@@]2(C)[C@H]1CC[C@@]13C=C(C(C)C)[C@@H](C/C1=N/O)C[C@H]23. The van der Waals surface area contributed by atoms with Gasteiger partial charge >= 0.3 is 5.97 Å². The lowest BCUT2D eigenvalue weighted by Gasteiger charge is -2.66. The van der Waals surface area contributed by atoms with Crippen molar-refractivity contribution >= 4 is 11.7 Å². The van der Waals surface area contributed by atoms with Crippen molar-refractivity contribution < 1.29 is 14.7 Å². The molecule has 0 unspecified atom stereocenters. The molecule has 3 fully saturated rings. The van der Waals surface area contributed by atoms with Crippen LogP contribution in [0.2, 0.25) is 0 Å². The Morgan fingerprint density at radius 3 is 2.63 bits per heavy atom. The largest absolute Gasteiger partial charge is 0.469 e. The summed E-state index contributed by atoms with van der Waals surface area (Å²) < 4.78 is 5.26. The summed E-state index contributed by atoms with van der Waals surface area (Å²) in [7, 11) is 1.53. The summed E-state index contributed by atoms with van der Waals surface area (Å²) >= 11 is 0. The number of carbonyl (C=O) groups is 1. The van der Waals surface area contributed by atoms with Crippen molar-refractivity contribution in [1.82, 2.24) is 0 Å². The first-order chi connectivity index (χ1) is 12.7. The Morgan fingerprint density at radius 2 is 2.00 bits per heavy atom. The summed E-state index contributed by atoms with van der Waals surface area (Å²) in [6, 6.07) is 0. The molecule has 0 radical (unpaired) electrons. The number of nitrogens with zero attached hydrogens (tertiary/aromatic N) is 1. The fourth-order valence-corrected chi connectivity index (χ4v) is 7.91. The number of rotatable bonds is 2. The lowest BCUT2D eigenvalue weighted by molar-refractivity contribution is -0.176. The van der Waals surface area contributed by atoms with Crippen LogP contribution in [0, 0.1) is 39.9 Å². The molecular formula is C23H35NO3. The van der Waals surface area contributed by atoms with Crippen LogP contribution in [-0.2, 0) is 9.53 Å². The van der Waals surface area contributed by atoms with Crippen molar-refractivity contribution in [3.8, 4) is 0 Å². The van der Waals surface area contributed by atoms with Gasteiger partial charge < -0.3 is 9.94 Å². The minimum Gasteiger partial charge on any atom is -0.469 e. The highest BCUT2D eigenvalue weighted by molar-refractivity contribution is 5.95. The van der Waals surface area contributed by atoms with Crippen molar-refractivity contribution in [2.24, 2.45) is 45.1 Å². The molecule has 6 atom stereocenters. The molecule has 0 aromatic rings. The summed E-state index contributed by atoms with van der Waals surface area (Å²) in [5, 5.41) is 13.7. The molecule has 0 amide bonds. The van der Waals surface area contributed by atoms with Gasteiger partial charge in [0.1, 0.15) is 0 Å². The molecule has 0 saturated heterocycles. The topological polar surface area (TPSA) is 58.9 Å². The zero-order chi connectivity index (χ0) is 19.6. The summed E-state index contributed by atoms with van der Waals surface area (Å²) in [4.78, 5) is 12.8. The van der Waals surface area contributed by atoms with Crippen molar-refractivity contribution in [1.29, 1.82) is 0 Å². The van der Waals surface area contributed by atoms with Gasteiger partial charge in [0, 0.05) is 5.41 Å². The van der Waals surface area contributed by atoms with Crippen LogP contribution in [0.4, 0.5) is 0 Å². The number of hydrogen-bond donors (Lipinski definition) is 1. The molecule has 5 rings (SSSR count). The van der Waals surface area contributed by atoms with Crippen LogP contribution in [-0.4, -0.2) is 24.0 Å². The van der Waals surface area contributed by atoms with Crippen LogP contribution in [0.25, 0.3) is 0 Å². The standard InChI is InChI=1S/C23H35NO3/c1-14(2)16-13-23-10-7-17-21(3,8-6-9-22(17,4)20(25)27-5)18(23)11-15(16)12-19(23)24-26/h13-15,17-18,26H,6-12H2,1-5H3/b24-19-/t15-,17-,18-,21+,22-,23+/m1/s1. The van der Waals surface area contributed by atoms with Gasteiger partial charge in [-0.1, -0.05) is 44.0 Å². The summed E-state index contributed by atoms with van der Waals surface area (Å²) in [6.07, 6.45) is 9.74. The van der Waals surface area contributed by atoms with Crippen molar-refractivity contribution in [2.45, 2.75) is 72.6 Å². The highest BCUT2D eigenvalue weighted by Crippen LogP contribution is 2.70. The molecule has 1 spiro atoms. The van der Waals surface area contributed by atoms with E-state index in [4.69, 9.17) is 4.74 Å². The lowest BCUT2D eigenvalue weighted by Crippen LogP contribution is -2.63. The Hall–Kier alpha value is -1.32. The van der Waals surface area contributed by atoms with E-state index >= 15 is 0 Å². The number of fused-ring (bicyclic) bond motifs is 2. The highest BCUT2D eigenvalue weighted by Gasteiger charge is 2.66. The maximum Gasteiger partial charge on any atom is 0.311 e. The van der Waals surface area contributed by atoms with E-state index in [-0.39, 0.29) is 22.2 Å². The summed E-state index contributed by atoms with van der Waals surface area (Å²) in [5.41, 5.74) is 2.15. The average Bonchev–Trinajstić information content (AvgIpc) is 2.66. The van der Waals surface area contributed by atoms with Gasteiger partial charge in [-0.15, -0.1) is 0 Å². The molecule has 150 valence electrons. The van der Waals surface area contributed by atoms with Crippen molar-refractivity contribution in [2.75, 3.05) is 7.11 Å². The number of carbonyl (C=O) groups excluding carboxylic acids is 1. The molecule has 0 aromatic heterocycles. The lowest BCUT2D eigenvalue weighted by atomic mass is 9.37. The van der Waals surface area contributed by atoms with Gasteiger partial charge in [0.05, 0.1) is 18.2 Å². The van der Waals surface area contributed by atoms with E-state index in [1.807, 2.05) is 0 Å². The molecule has 1 N–H and O–H groups in total. The molecule has 0 aliphatic heterocycles. The second-order valence-corrected chi connectivity index (χ2v) is 10.4. The fourth-order valence-electron chi connectivity index (χ4n) is 7.91. The number of methoxy groups -OCH3 is 1. The molecule has 3 saturated carbocycles. The predicted molar refractivity (Wildman–Crippen MR) is 106 cm³/mol. The van der Waals surface area contributed by atoms with Crippen LogP contribution >= 0.6 is 0 Å². The van der Waals surface area contributed by atoms with E-state index < -0.39 is 0 Å². The molecule has 0 aromatic carbocycles. The maximum absolute atomic E-state index is 12.8. The monoisotopic (exact) mass is 373 g/mol. The van der Waals surface area contributed by atoms with E-state index in [0.717, 1.165) is 44.2 Å². The Bertz CT molecular complexity index is 710. The summed E-state index contributed by atoms with van der Waals surface area (Å²) in [6.45, 7) is 9.13. The van der Waals surface area contributed by atoms with Crippen LogP contribution < -0.4 is 0 Å². The van der Waals surface area contributed by atoms with Gasteiger partial charge in [-0.2, -0.15) is 0 Å². The van der Waals surface area contributed by atoms with Gasteiger partial charge in [-0.25, -0.2) is 0 Å². The van der Waals surface area contributed by atoms with Gasteiger partial charge in [0.15, 0.2) is 0 Å². The number of hydrogen-bond acceptors (Lipinski definition) is 4. The molecule has 5 aliphatic carbocycles. The number of ether oxygens (including phenoxy) is 1. The first kappa shape index (κ1) is 19.0. The second-order valence-electron chi connectivity index (χ2n) is 10.4. The normalized spacial score (nSPS) is 47.4. The molecule has 0 heterocycles. The van der Waals surface area contributed by atoms with Gasteiger partial charge in [0.25, 0.3) is 0 Å². The van der Waals surface area contributed by atoms with E-state index in [0.29, 0.717) is 23.7 Å². The Labute approximate surface area is 163 Å². The van der Waals surface area contributed by atoms with Crippen LogP contribution in [0.15, 0.2) is 16.8 Å². The Kier molecular flexibility index (Phi) is 4.29. The molecule has 4 nitrogen and oxygen atoms in total. The van der Waals surface area contributed by atoms with Crippen molar-refractivity contribution in [3.05, 3.63) is 11.6 Å². The number of esters is 1. The molecule has 2 bridgehead atoms. The highest BCUT2D eigenvalue weighted by atomic mass is 16.5. The average molecular weight is 374 g/mol. The first-order valence-corrected chi connectivity index (χ1v) is 10.8. The quantitative estimate of drug-likeness (QED) is 0.313. The third-order valence-electron chi connectivity index (χ3n) is 9.07.